The smallest absolute Gasteiger partial charge is 0.224 e. The molecule has 1 aromatic rings. The summed E-state index contributed by atoms with van der Waals surface area (Å²) in [6, 6.07) is 3.87. The van der Waals surface area contributed by atoms with Gasteiger partial charge in [0.1, 0.15) is 0 Å². The number of pyridine rings is 1. The van der Waals surface area contributed by atoms with Crippen LogP contribution >= 0.6 is 0 Å². The van der Waals surface area contributed by atoms with Gasteiger partial charge in [-0.1, -0.05) is 6.07 Å². The summed E-state index contributed by atoms with van der Waals surface area (Å²) in [6.45, 7) is 2.66. The fourth-order valence-corrected chi connectivity index (χ4v) is 2.77. The molecule has 1 saturated heterocycles. The number of rotatable bonds is 3. The lowest BCUT2D eigenvalue weighted by Crippen LogP contribution is -2.27. The largest absolute Gasteiger partial charge is 0.352 e. The standard InChI is InChI=1S/C13H17N3O/c17-12(11-6-13(11)3-5-15-9-13)16-8-10-2-1-4-14-7-10/h1-2,4,7,11,15H,3,5-6,8-9H2,(H,16,17)/t11-,13-/m0/s1. The van der Waals surface area contributed by atoms with E-state index >= 15 is 0 Å². The topological polar surface area (TPSA) is 54.0 Å². The Hall–Kier alpha value is -1.42. The average Bonchev–Trinajstić information content (AvgIpc) is 2.86. The average molecular weight is 231 g/mol. The molecule has 3 rings (SSSR count). The summed E-state index contributed by atoms with van der Waals surface area (Å²) in [5, 5.41) is 6.35. The second-order valence-electron chi connectivity index (χ2n) is 5.12. The van der Waals surface area contributed by atoms with E-state index in [1.165, 1.54) is 0 Å². The molecule has 1 saturated carbocycles. The summed E-state index contributed by atoms with van der Waals surface area (Å²) in [7, 11) is 0. The molecule has 4 nitrogen and oxygen atoms in total. The molecule has 2 aliphatic rings. The van der Waals surface area contributed by atoms with Crippen molar-refractivity contribution in [3.63, 3.8) is 0 Å². The first-order chi connectivity index (χ1) is 8.30. The van der Waals surface area contributed by atoms with E-state index in [9.17, 15) is 4.79 Å². The van der Waals surface area contributed by atoms with E-state index in [0.717, 1.165) is 31.5 Å². The monoisotopic (exact) mass is 231 g/mol. The highest BCUT2D eigenvalue weighted by molar-refractivity contribution is 5.82. The van der Waals surface area contributed by atoms with Gasteiger partial charge >= 0.3 is 0 Å². The number of hydrogen-bond donors (Lipinski definition) is 2. The molecule has 1 spiro atoms. The van der Waals surface area contributed by atoms with Crippen molar-refractivity contribution in [1.82, 2.24) is 15.6 Å². The van der Waals surface area contributed by atoms with Gasteiger partial charge < -0.3 is 10.6 Å². The second-order valence-corrected chi connectivity index (χ2v) is 5.12. The molecule has 1 amide bonds. The predicted molar refractivity (Wildman–Crippen MR) is 64.1 cm³/mol. The van der Waals surface area contributed by atoms with E-state index in [2.05, 4.69) is 15.6 Å². The summed E-state index contributed by atoms with van der Waals surface area (Å²) < 4.78 is 0. The zero-order valence-electron chi connectivity index (χ0n) is 9.78. The summed E-state index contributed by atoms with van der Waals surface area (Å²) in [4.78, 5) is 16.0. The van der Waals surface area contributed by atoms with Gasteiger partial charge in [-0.3, -0.25) is 9.78 Å². The van der Waals surface area contributed by atoms with Crippen molar-refractivity contribution >= 4 is 5.91 Å². The third-order valence-electron chi connectivity index (χ3n) is 3.97. The lowest BCUT2D eigenvalue weighted by Gasteiger charge is -2.08. The number of hydrogen-bond acceptors (Lipinski definition) is 3. The van der Waals surface area contributed by atoms with E-state index in [-0.39, 0.29) is 11.8 Å². The summed E-state index contributed by atoms with van der Waals surface area (Å²) >= 11 is 0. The minimum absolute atomic E-state index is 0.206. The third kappa shape index (κ3) is 2.05. The van der Waals surface area contributed by atoms with Gasteiger partial charge in [0.25, 0.3) is 0 Å². The molecule has 4 heteroatoms. The highest BCUT2D eigenvalue weighted by Gasteiger charge is 2.58. The molecule has 17 heavy (non-hydrogen) atoms. The van der Waals surface area contributed by atoms with Crippen LogP contribution in [0.1, 0.15) is 18.4 Å². The molecule has 1 aliphatic heterocycles. The molecule has 2 atom stereocenters. The maximum absolute atomic E-state index is 12.0. The maximum Gasteiger partial charge on any atom is 0.224 e. The molecule has 90 valence electrons. The van der Waals surface area contributed by atoms with E-state index in [1.54, 1.807) is 12.4 Å². The van der Waals surface area contributed by atoms with E-state index in [1.807, 2.05) is 12.1 Å². The second kappa shape index (κ2) is 4.11. The lowest BCUT2D eigenvalue weighted by molar-refractivity contribution is -0.123. The van der Waals surface area contributed by atoms with Crippen LogP contribution in [0.15, 0.2) is 24.5 Å². The Morgan fingerprint density at radius 2 is 2.59 bits per heavy atom. The fraction of sp³-hybridized carbons (Fsp3) is 0.538. The first-order valence-electron chi connectivity index (χ1n) is 6.18. The van der Waals surface area contributed by atoms with Crippen molar-refractivity contribution in [1.29, 1.82) is 0 Å². The van der Waals surface area contributed by atoms with Crippen LogP contribution in [0.4, 0.5) is 0 Å². The molecule has 0 aromatic carbocycles. The molecule has 0 bridgehead atoms. The summed E-state index contributed by atoms with van der Waals surface area (Å²) in [6.07, 6.45) is 5.74. The van der Waals surface area contributed by atoms with Crippen LogP contribution in [0, 0.1) is 11.3 Å². The Labute approximate surface area is 101 Å². The number of carbonyl (C=O) groups is 1. The Balaban J connectivity index is 1.52. The SMILES string of the molecule is O=C(NCc1cccnc1)[C@@H]1C[C@]12CCNC2. The Kier molecular flexibility index (Phi) is 2.59. The molecule has 0 radical (unpaired) electrons. The number of aromatic nitrogens is 1. The van der Waals surface area contributed by atoms with Crippen molar-refractivity contribution in [2.24, 2.45) is 11.3 Å². The normalized spacial score (nSPS) is 30.5. The van der Waals surface area contributed by atoms with E-state index in [4.69, 9.17) is 0 Å². The molecule has 2 N–H and O–H groups in total. The van der Waals surface area contributed by atoms with Gasteiger partial charge in [0.15, 0.2) is 0 Å². The van der Waals surface area contributed by atoms with Crippen LogP contribution in [0.2, 0.25) is 0 Å². The molecule has 1 aromatic heterocycles. The molecular formula is C13H17N3O. The first kappa shape index (κ1) is 10.7. The Morgan fingerprint density at radius 1 is 1.65 bits per heavy atom. The van der Waals surface area contributed by atoms with Gasteiger partial charge in [-0.25, -0.2) is 0 Å². The van der Waals surface area contributed by atoms with Crippen LogP contribution in [0.5, 0.6) is 0 Å². The molecule has 1 aliphatic carbocycles. The van der Waals surface area contributed by atoms with Gasteiger partial charge in [-0.2, -0.15) is 0 Å². The fourth-order valence-electron chi connectivity index (χ4n) is 2.77. The van der Waals surface area contributed by atoms with E-state index in [0.29, 0.717) is 12.0 Å². The number of nitrogens with zero attached hydrogens (tertiary/aromatic N) is 1. The molecule has 0 unspecified atom stereocenters. The summed E-state index contributed by atoms with van der Waals surface area (Å²) in [5.74, 6) is 0.437. The van der Waals surface area contributed by atoms with Crippen molar-refractivity contribution in [3.8, 4) is 0 Å². The van der Waals surface area contributed by atoms with Gasteiger partial charge in [0.2, 0.25) is 5.91 Å². The van der Waals surface area contributed by atoms with Gasteiger partial charge in [-0.05, 0) is 36.4 Å². The Morgan fingerprint density at radius 3 is 3.29 bits per heavy atom. The quantitative estimate of drug-likeness (QED) is 0.805. The minimum Gasteiger partial charge on any atom is -0.352 e. The van der Waals surface area contributed by atoms with Crippen LogP contribution in [-0.4, -0.2) is 24.0 Å². The zero-order valence-corrected chi connectivity index (χ0v) is 9.78. The van der Waals surface area contributed by atoms with Crippen molar-refractivity contribution in [2.75, 3.05) is 13.1 Å². The van der Waals surface area contributed by atoms with Crippen molar-refractivity contribution in [3.05, 3.63) is 30.1 Å². The maximum atomic E-state index is 12.0. The predicted octanol–water partition coefficient (Wildman–Crippen LogP) is 0.697. The lowest BCUT2D eigenvalue weighted by atomic mass is 10.0. The minimum atomic E-state index is 0.206. The third-order valence-corrected chi connectivity index (χ3v) is 3.97. The number of carbonyl (C=O) groups excluding carboxylic acids is 1. The van der Waals surface area contributed by atoms with E-state index < -0.39 is 0 Å². The first-order valence-corrected chi connectivity index (χ1v) is 6.18. The number of nitrogens with one attached hydrogen (secondary N) is 2. The van der Waals surface area contributed by atoms with Crippen molar-refractivity contribution < 1.29 is 4.79 Å². The van der Waals surface area contributed by atoms with Gasteiger partial charge in [0.05, 0.1) is 0 Å². The molecular weight excluding hydrogens is 214 g/mol. The highest BCUT2D eigenvalue weighted by Crippen LogP contribution is 2.56. The number of amides is 1. The summed E-state index contributed by atoms with van der Waals surface area (Å²) in [5.41, 5.74) is 1.35. The van der Waals surface area contributed by atoms with Crippen LogP contribution in [0.3, 0.4) is 0 Å². The van der Waals surface area contributed by atoms with Crippen LogP contribution in [0.25, 0.3) is 0 Å². The van der Waals surface area contributed by atoms with Crippen LogP contribution < -0.4 is 10.6 Å². The van der Waals surface area contributed by atoms with Gasteiger partial charge in [-0.15, -0.1) is 0 Å². The molecule has 2 fully saturated rings. The zero-order chi connectivity index (χ0) is 11.7. The highest BCUT2D eigenvalue weighted by atomic mass is 16.2. The van der Waals surface area contributed by atoms with Crippen LogP contribution in [-0.2, 0) is 11.3 Å². The van der Waals surface area contributed by atoms with Crippen molar-refractivity contribution in [2.45, 2.75) is 19.4 Å². The van der Waals surface area contributed by atoms with Gasteiger partial charge in [0, 0.05) is 31.4 Å². The molecule has 2 heterocycles. The Bertz CT molecular complexity index is 412.